The quantitative estimate of drug-likeness (QED) is 0.829. The molecule has 112 valence electrons. The molecule has 0 spiro atoms. The highest BCUT2D eigenvalue weighted by atomic mass is 32.2. The molecular formula is C14H23N3O2S. The Morgan fingerprint density at radius 2 is 2.20 bits per heavy atom. The van der Waals surface area contributed by atoms with Gasteiger partial charge in [0.2, 0.25) is 0 Å². The van der Waals surface area contributed by atoms with Crippen molar-refractivity contribution in [2.45, 2.75) is 38.6 Å². The second-order valence-electron chi connectivity index (χ2n) is 5.54. The van der Waals surface area contributed by atoms with E-state index >= 15 is 0 Å². The average molecular weight is 297 g/mol. The normalized spacial score (nSPS) is 20.7. The van der Waals surface area contributed by atoms with E-state index in [1.165, 1.54) is 9.87 Å². The smallest absolute Gasteiger partial charge is 0.262 e. The Bertz CT molecular complexity index is 557. The third-order valence-corrected chi connectivity index (χ3v) is 5.80. The molecule has 0 radical (unpaired) electrons. The second kappa shape index (κ2) is 6.20. The van der Waals surface area contributed by atoms with Crippen LogP contribution >= 0.6 is 0 Å². The molecule has 0 aliphatic carbocycles. The van der Waals surface area contributed by atoms with Crippen molar-refractivity contribution in [3.63, 3.8) is 0 Å². The van der Waals surface area contributed by atoms with Crippen LogP contribution in [0.15, 0.2) is 18.3 Å². The number of rotatable bonds is 5. The van der Waals surface area contributed by atoms with Gasteiger partial charge in [0.15, 0.2) is 0 Å². The molecule has 1 saturated heterocycles. The van der Waals surface area contributed by atoms with E-state index in [1.54, 1.807) is 18.4 Å². The Hall–Kier alpha value is -0.980. The van der Waals surface area contributed by atoms with Gasteiger partial charge in [0.1, 0.15) is 0 Å². The maximum absolute atomic E-state index is 12.3. The van der Waals surface area contributed by atoms with Crippen LogP contribution in [0.2, 0.25) is 0 Å². The van der Waals surface area contributed by atoms with Crippen molar-refractivity contribution in [1.29, 1.82) is 0 Å². The topological polar surface area (TPSA) is 53.5 Å². The number of nitrogens with zero attached hydrogens (tertiary/aromatic N) is 3. The van der Waals surface area contributed by atoms with E-state index in [4.69, 9.17) is 0 Å². The molecule has 0 bridgehead atoms. The van der Waals surface area contributed by atoms with E-state index in [9.17, 15) is 8.42 Å². The predicted molar refractivity (Wildman–Crippen MR) is 79.6 cm³/mol. The first kappa shape index (κ1) is 15.4. The standard InChI is InChI=1S/C14H23N3O2S/c1-12-11-13(8-9-15-12)6-7-14-5-4-10-17(14)20(18,19)16(2)3/h8-9,11,14H,4-7,10H2,1-3H3/t14-/m0/s1. The highest BCUT2D eigenvalue weighted by molar-refractivity contribution is 7.86. The first-order chi connectivity index (χ1) is 9.41. The molecule has 1 aromatic heterocycles. The van der Waals surface area contributed by atoms with E-state index < -0.39 is 10.2 Å². The second-order valence-corrected chi connectivity index (χ2v) is 7.64. The van der Waals surface area contributed by atoms with Crippen LogP contribution in [0, 0.1) is 6.92 Å². The summed E-state index contributed by atoms with van der Waals surface area (Å²) in [6, 6.07) is 4.20. The third kappa shape index (κ3) is 3.37. The van der Waals surface area contributed by atoms with Crippen molar-refractivity contribution in [3.05, 3.63) is 29.6 Å². The minimum absolute atomic E-state index is 0.121. The summed E-state index contributed by atoms with van der Waals surface area (Å²) < 4.78 is 27.5. The summed E-state index contributed by atoms with van der Waals surface area (Å²) in [7, 11) is -0.0956. The van der Waals surface area contributed by atoms with Gasteiger partial charge >= 0.3 is 0 Å². The van der Waals surface area contributed by atoms with Crippen molar-refractivity contribution in [2.24, 2.45) is 0 Å². The lowest BCUT2D eigenvalue weighted by Gasteiger charge is -2.27. The van der Waals surface area contributed by atoms with E-state index in [0.717, 1.165) is 31.4 Å². The van der Waals surface area contributed by atoms with Gasteiger partial charge in [-0.05, 0) is 50.3 Å². The maximum Gasteiger partial charge on any atom is 0.281 e. The fourth-order valence-electron chi connectivity index (χ4n) is 2.70. The van der Waals surface area contributed by atoms with Crippen LogP contribution in [0.25, 0.3) is 0 Å². The van der Waals surface area contributed by atoms with E-state index in [1.807, 2.05) is 19.2 Å². The zero-order valence-corrected chi connectivity index (χ0v) is 13.2. The summed E-state index contributed by atoms with van der Waals surface area (Å²) in [5.41, 5.74) is 2.23. The number of hydrogen-bond donors (Lipinski definition) is 0. The van der Waals surface area contributed by atoms with Crippen LogP contribution in [0.3, 0.4) is 0 Å². The zero-order chi connectivity index (χ0) is 14.8. The maximum atomic E-state index is 12.3. The highest BCUT2D eigenvalue weighted by Crippen LogP contribution is 2.25. The monoisotopic (exact) mass is 297 g/mol. The molecule has 20 heavy (non-hydrogen) atoms. The summed E-state index contributed by atoms with van der Waals surface area (Å²) in [5.74, 6) is 0. The van der Waals surface area contributed by atoms with Crippen molar-refractivity contribution in [2.75, 3.05) is 20.6 Å². The average Bonchev–Trinajstić information content (AvgIpc) is 2.85. The van der Waals surface area contributed by atoms with Crippen molar-refractivity contribution in [3.8, 4) is 0 Å². The Morgan fingerprint density at radius 1 is 1.45 bits per heavy atom. The minimum atomic E-state index is -3.28. The van der Waals surface area contributed by atoms with Crippen LogP contribution in [-0.4, -0.2) is 48.7 Å². The van der Waals surface area contributed by atoms with E-state index in [-0.39, 0.29) is 6.04 Å². The molecule has 0 unspecified atom stereocenters. The molecule has 2 heterocycles. The first-order valence-electron chi connectivity index (χ1n) is 7.02. The first-order valence-corrected chi connectivity index (χ1v) is 8.42. The third-order valence-electron chi connectivity index (χ3n) is 3.81. The van der Waals surface area contributed by atoms with Crippen LogP contribution in [0.1, 0.15) is 30.5 Å². The molecule has 1 atom stereocenters. The van der Waals surface area contributed by atoms with Gasteiger partial charge in [-0.2, -0.15) is 17.0 Å². The molecule has 1 aromatic rings. The molecule has 0 aromatic carbocycles. The van der Waals surface area contributed by atoms with Crippen LogP contribution in [-0.2, 0) is 16.6 Å². The molecule has 5 nitrogen and oxygen atoms in total. The van der Waals surface area contributed by atoms with Crippen LogP contribution in [0.5, 0.6) is 0 Å². The SMILES string of the molecule is Cc1cc(CC[C@@H]2CCCN2S(=O)(=O)N(C)C)ccn1. The lowest BCUT2D eigenvalue weighted by atomic mass is 10.0. The van der Waals surface area contributed by atoms with Crippen molar-refractivity contribution in [1.82, 2.24) is 13.6 Å². The van der Waals surface area contributed by atoms with Gasteiger partial charge in [-0.15, -0.1) is 0 Å². The Kier molecular flexibility index (Phi) is 4.78. The lowest BCUT2D eigenvalue weighted by molar-refractivity contribution is 0.343. The van der Waals surface area contributed by atoms with Gasteiger partial charge in [0.25, 0.3) is 10.2 Å². The Labute approximate surface area is 121 Å². The molecule has 6 heteroatoms. The Balaban J connectivity index is 2.02. The highest BCUT2D eigenvalue weighted by Gasteiger charge is 2.34. The molecule has 0 N–H and O–H groups in total. The Morgan fingerprint density at radius 3 is 2.85 bits per heavy atom. The van der Waals surface area contributed by atoms with Gasteiger partial charge in [0, 0.05) is 38.6 Å². The van der Waals surface area contributed by atoms with Gasteiger partial charge in [-0.1, -0.05) is 0 Å². The summed E-state index contributed by atoms with van der Waals surface area (Å²) in [4.78, 5) is 4.18. The number of aromatic nitrogens is 1. The molecule has 0 saturated carbocycles. The van der Waals surface area contributed by atoms with Gasteiger partial charge < -0.3 is 0 Å². The van der Waals surface area contributed by atoms with Gasteiger partial charge in [-0.3, -0.25) is 4.98 Å². The molecule has 0 amide bonds. The molecular weight excluding hydrogens is 274 g/mol. The minimum Gasteiger partial charge on any atom is -0.262 e. The van der Waals surface area contributed by atoms with Crippen molar-refractivity contribution < 1.29 is 8.42 Å². The predicted octanol–water partition coefficient (Wildman–Crippen LogP) is 1.59. The molecule has 2 rings (SSSR count). The number of pyridine rings is 1. The van der Waals surface area contributed by atoms with Crippen LogP contribution in [0.4, 0.5) is 0 Å². The van der Waals surface area contributed by atoms with Crippen molar-refractivity contribution >= 4 is 10.2 Å². The number of aryl methyl sites for hydroxylation is 2. The number of hydrogen-bond acceptors (Lipinski definition) is 3. The summed E-state index contributed by atoms with van der Waals surface area (Å²) in [6.07, 6.45) is 5.49. The lowest BCUT2D eigenvalue weighted by Crippen LogP contribution is -2.42. The fourth-order valence-corrected chi connectivity index (χ4v) is 4.07. The van der Waals surface area contributed by atoms with E-state index in [0.29, 0.717) is 6.54 Å². The fraction of sp³-hybridized carbons (Fsp3) is 0.643. The molecule has 1 aliphatic rings. The van der Waals surface area contributed by atoms with E-state index in [2.05, 4.69) is 11.1 Å². The van der Waals surface area contributed by atoms with Gasteiger partial charge in [0.05, 0.1) is 0 Å². The zero-order valence-electron chi connectivity index (χ0n) is 12.4. The summed E-state index contributed by atoms with van der Waals surface area (Å²) in [6.45, 7) is 2.61. The van der Waals surface area contributed by atoms with Gasteiger partial charge in [-0.25, -0.2) is 0 Å². The van der Waals surface area contributed by atoms with Crippen LogP contribution < -0.4 is 0 Å². The molecule has 1 fully saturated rings. The summed E-state index contributed by atoms with van der Waals surface area (Å²) >= 11 is 0. The molecule has 1 aliphatic heterocycles. The summed E-state index contributed by atoms with van der Waals surface area (Å²) in [5, 5.41) is 0. The largest absolute Gasteiger partial charge is 0.281 e.